The third kappa shape index (κ3) is 5.24. The van der Waals surface area contributed by atoms with Crippen LogP contribution in [0, 0.1) is 0 Å². The molecule has 0 saturated carbocycles. The van der Waals surface area contributed by atoms with E-state index in [0.29, 0.717) is 40.9 Å². The molecule has 13 heteroatoms. The van der Waals surface area contributed by atoms with Crippen LogP contribution < -0.4 is 21.1 Å². The van der Waals surface area contributed by atoms with Crippen molar-refractivity contribution < 1.29 is 19.4 Å². The average Bonchev–Trinajstić information content (AvgIpc) is 3.47. The summed E-state index contributed by atoms with van der Waals surface area (Å²) in [6.07, 6.45) is -1.79. The van der Waals surface area contributed by atoms with E-state index in [-0.39, 0.29) is 5.28 Å². The van der Waals surface area contributed by atoms with Crippen LogP contribution in [0.5, 0.6) is 5.75 Å². The summed E-state index contributed by atoms with van der Waals surface area (Å²) in [5.41, 5.74) is 8.55. The number of hydrogen-bond donors (Lipinski definition) is 4. The van der Waals surface area contributed by atoms with E-state index in [4.69, 9.17) is 38.4 Å². The van der Waals surface area contributed by atoms with Gasteiger partial charge in [0.05, 0.1) is 12.4 Å². The van der Waals surface area contributed by atoms with Gasteiger partial charge in [-0.3, -0.25) is 9.36 Å². The third-order valence-corrected chi connectivity index (χ3v) is 6.61. The van der Waals surface area contributed by atoms with Gasteiger partial charge in [0.2, 0.25) is 5.28 Å². The fraction of sp³-hybridized carbons (Fsp3) is 0.280. The Hall–Kier alpha value is -3.48. The Kier molecular flexibility index (Phi) is 7.63. The Morgan fingerprint density at radius 2 is 2.00 bits per heavy atom. The van der Waals surface area contributed by atoms with Gasteiger partial charge >= 0.3 is 0 Å². The van der Waals surface area contributed by atoms with Gasteiger partial charge in [0.25, 0.3) is 5.91 Å². The van der Waals surface area contributed by atoms with Gasteiger partial charge in [-0.25, -0.2) is 4.98 Å². The first-order valence-corrected chi connectivity index (χ1v) is 12.5. The maximum absolute atomic E-state index is 12.1. The van der Waals surface area contributed by atoms with Crippen molar-refractivity contribution in [1.29, 1.82) is 0 Å². The molecule has 4 atom stereocenters. The highest BCUT2D eigenvalue weighted by atomic mass is 35.5. The number of halogens is 2. The van der Waals surface area contributed by atoms with Gasteiger partial charge in [0.1, 0.15) is 18.5 Å². The monoisotopic (exact) mass is 557 g/mol. The molecule has 3 heterocycles. The zero-order valence-electron chi connectivity index (χ0n) is 20.2. The number of hydrogen-bond acceptors (Lipinski definition) is 9. The third-order valence-electron chi connectivity index (χ3n) is 6.20. The van der Waals surface area contributed by atoms with Crippen molar-refractivity contribution >= 4 is 46.1 Å². The minimum Gasteiger partial charge on any atom is -0.489 e. The van der Waals surface area contributed by atoms with E-state index in [2.05, 4.69) is 25.6 Å². The molecule has 4 aromatic rings. The lowest BCUT2D eigenvalue weighted by molar-refractivity contribution is -0.134. The van der Waals surface area contributed by atoms with E-state index in [9.17, 15) is 9.90 Å². The predicted octanol–water partition coefficient (Wildman–Crippen LogP) is 2.66. The number of aromatic nitrogens is 4. The molecule has 1 saturated heterocycles. The Bertz CT molecular complexity index is 1450. The summed E-state index contributed by atoms with van der Waals surface area (Å²) in [7, 11) is 1.47. The van der Waals surface area contributed by atoms with Crippen LogP contribution in [-0.2, 0) is 22.7 Å². The summed E-state index contributed by atoms with van der Waals surface area (Å²) in [6, 6.07) is 14.3. The Morgan fingerprint density at radius 3 is 2.76 bits per heavy atom. The standard InChI is InChI=1S/C25H25Cl2N7O4/c1-29-23(36)20-17(28)19(35)24(38-20)34-12-31-18-21(32-25(27)33-22(18)34)30-10-14-9-15(26)7-8-16(14)37-11-13-5-3-2-4-6-13/h2-9,12,17,19-20,24,35H,10-11,28H2,1H3,(H,29,36)(H,30,32,33)/t17-,19+,20-,24+/m0/s1. The van der Waals surface area contributed by atoms with Crippen LogP contribution in [-0.4, -0.2) is 55.8 Å². The summed E-state index contributed by atoms with van der Waals surface area (Å²) in [4.78, 5) is 25.1. The molecule has 2 aromatic carbocycles. The molecule has 198 valence electrons. The second-order valence-corrected chi connectivity index (χ2v) is 9.45. The molecule has 1 aliphatic heterocycles. The fourth-order valence-electron chi connectivity index (χ4n) is 4.24. The number of rotatable bonds is 8. The number of carbonyl (C=O) groups is 1. The largest absolute Gasteiger partial charge is 0.489 e. The van der Waals surface area contributed by atoms with Crippen molar-refractivity contribution in [1.82, 2.24) is 24.8 Å². The van der Waals surface area contributed by atoms with Crippen molar-refractivity contribution in [3.63, 3.8) is 0 Å². The topological polar surface area (TPSA) is 149 Å². The van der Waals surface area contributed by atoms with Gasteiger partial charge < -0.3 is 30.9 Å². The molecule has 2 aromatic heterocycles. The second kappa shape index (κ2) is 11.1. The highest BCUT2D eigenvalue weighted by molar-refractivity contribution is 6.30. The Labute approximate surface area is 227 Å². The molecule has 1 fully saturated rings. The van der Waals surface area contributed by atoms with Crippen LogP contribution >= 0.6 is 23.2 Å². The molecule has 1 amide bonds. The molecule has 1 aliphatic rings. The van der Waals surface area contributed by atoms with Crippen LogP contribution in [0.2, 0.25) is 10.3 Å². The molecule has 5 N–H and O–H groups in total. The summed E-state index contributed by atoms with van der Waals surface area (Å²) in [5, 5.41) is 16.9. The van der Waals surface area contributed by atoms with Crippen LogP contribution in [0.3, 0.4) is 0 Å². The van der Waals surface area contributed by atoms with Crippen molar-refractivity contribution in [2.24, 2.45) is 5.73 Å². The number of imidazole rings is 1. The number of aliphatic hydroxyl groups excluding tert-OH is 1. The first-order valence-electron chi connectivity index (χ1n) is 11.8. The summed E-state index contributed by atoms with van der Waals surface area (Å²) in [5.74, 6) is 0.571. The average molecular weight is 558 g/mol. The van der Waals surface area contributed by atoms with Crippen molar-refractivity contribution in [2.45, 2.75) is 37.6 Å². The van der Waals surface area contributed by atoms with E-state index >= 15 is 0 Å². The molecular formula is C25H25Cl2N7O4. The number of nitrogens with zero attached hydrogens (tertiary/aromatic N) is 4. The number of amides is 1. The number of nitrogens with two attached hydrogens (primary N) is 1. The van der Waals surface area contributed by atoms with E-state index in [1.54, 1.807) is 12.1 Å². The second-order valence-electron chi connectivity index (χ2n) is 8.67. The van der Waals surface area contributed by atoms with Gasteiger partial charge in [0, 0.05) is 24.2 Å². The highest BCUT2D eigenvalue weighted by Gasteiger charge is 2.46. The number of carbonyl (C=O) groups excluding carboxylic acids is 1. The number of likely N-dealkylation sites (N-methyl/N-ethyl adjacent to an activating group) is 1. The zero-order valence-corrected chi connectivity index (χ0v) is 21.7. The summed E-state index contributed by atoms with van der Waals surface area (Å²) >= 11 is 12.5. The highest BCUT2D eigenvalue weighted by Crippen LogP contribution is 2.33. The number of fused-ring (bicyclic) bond motifs is 1. The number of aliphatic hydroxyl groups is 1. The predicted molar refractivity (Wildman–Crippen MR) is 142 cm³/mol. The summed E-state index contributed by atoms with van der Waals surface area (Å²) < 4.78 is 13.3. The van der Waals surface area contributed by atoms with Crippen LogP contribution in [0.25, 0.3) is 11.2 Å². The molecule has 0 bridgehead atoms. The van der Waals surface area contributed by atoms with E-state index < -0.39 is 30.4 Å². The Balaban J connectivity index is 1.39. The van der Waals surface area contributed by atoms with Gasteiger partial charge in [0.15, 0.2) is 29.3 Å². The quantitative estimate of drug-likeness (QED) is 0.240. The lowest BCUT2D eigenvalue weighted by Crippen LogP contribution is -2.46. The molecule has 0 spiro atoms. The lowest BCUT2D eigenvalue weighted by atomic mass is 10.1. The van der Waals surface area contributed by atoms with Gasteiger partial charge in [-0.2, -0.15) is 9.97 Å². The van der Waals surface area contributed by atoms with Crippen molar-refractivity contribution in [3.8, 4) is 5.75 Å². The number of nitrogens with one attached hydrogen (secondary N) is 2. The fourth-order valence-corrected chi connectivity index (χ4v) is 4.60. The van der Waals surface area contributed by atoms with Crippen molar-refractivity contribution in [3.05, 3.63) is 76.3 Å². The van der Waals surface area contributed by atoms with Crippen molar-refractivity contribution in [2.75, 3.05) is 12.4 Å². The maximum atomic E-state index is 12.1. The number of anilines is 1. The molecule has 0 aliphatic carbocycles. The minimum atomic E-state index is -1.18. The summed E-state index contributed by atoms with van der Waals surface area (Å²) in [6.45, 7) is 0.693. The number of benzene rings is 2. The van der Waals surface area contributed by atoms with E-state index in [1.165, 1.54) is 17.9 Å². The smallest absolute Gasteiger partial charge is 0.250 e. The zero-order chi connectivity index (χ0) is 26.8. The molecule has 0 unspecified atom stereocenters. The number of ether oxygens (including phenoxy) is 2. The maximum Gasteiger partial charge on any atom is 0.250 e. The molecule has 38 heavy (non-hydrogen) atoms. The molecule has 11 nitrogen and oxygen atoms in total. The van der Waals surface area contributed by atoms with E-state index in [0.717, 1.165) is 11.1 Å². The van der Waals surface area contributed by atoms with Gasteiger partial charge in [-0.15, -0.1) is 0 Å². The first kappa shape index (κ1) is 26.1. The first-order chi connectivity index (χ1) is 18.4. The Morgan fingerprint density at radius 1 is 1.21 bits per heavy atom. The SMILES string of the molecule is CNC(=O)[C@H]1O[C@@H](n2cnc3c(NCc4cc(Cl)ccc4OCc4ccccc4)nc(Cl)nc32)[C@H](O)[C@@H]1N. The lowest BCUT2D eigenvalue weighted by Gasteiger charge is -2.17. The van der Waals surface area contributed by atoms with Gasteiger partial charge in [-0.05, 0) is 35.4 Å². The molecular weight excluding hydrogens is 533 g/mol. The molecule has 5 rings (SSSR count). The van der Waals surface area contributed by atoms with Crippen LogP contribution in [0.15, 0.2) is 54.9 Å². The van der Waals surface area contributed by atoms with Gasteiger partial charge in [-0.1, -0.05) is 41.9 Å². The minimum absolute atomic E-state index is 0.0481. The van der Waals surface area contributed by atoms with Crippen LogP contribution in [0.4, 0.5) is 5.82 Å². The normalized spacial score (nSPS) is 21.0. The molecule has 0 radical (unpaired) electrons. The van der Waals surface area contributed by atoms with Crippen LogP contribution in [0.1, 0.15) is 17.4 Å². The van der Waals surface area contributed by atoms with E-state index in [1.807, 2.05) is 36.4 Å².